The van der Waals surface area contributed by atoms with E-state index in [9.17, 15) is 4.79 Å². The lowest BCUT2D eigenvalue weighted by Gasteiger charge is -2.23. The Kier molecular flexibility index (Phi) is 4.82. The standard InChI is InChI=1S/C19H20N2OS/c1-14-6-8-16(9-7-14)18(22)13-21(19-20-10-11-23-19)17-5-3-4-15(2)12-17/h3-9,12H,10-11,13H2,1-2H3. The number of carbonyl (C=O) groups is 1. The second-order valence-electron chi connectivity index (χ2n) is 5.73. The van der Waals surface area contributed by atoms with E-state index in [4.69, 9.17) is 0 Å². The van der Waals surface area contributed by atoms with Crippen LogP contribution in [0.25, 0.3) is 0 Å². The van der Waals surface area contributed by atoms with Crippen molar-refractivity contribution < 1.29 is 4.79 Å². The Morgan fingerprint density at radius 1 is 1.13 bits per heavy atom. The van der Waals surface area contributed by atoms with Crippen LogP contribution in [-0.2, 0) is 0 Å². The molecule has 0 saturated heterocycles. The number of nitrogens with zero attached hydrogens (tertiary/aromatic N) is 2. The van der Waals surface area contributed by atoms with Crippen LogP contribution < -0.4 is 4.90 Å². The Labute approximate surface area is 141 Å². The smallest absolute Gasteiger partial charge is 0.182 e. The van der Waals surface area contributed by atoms with Gasteiger partial charge in [-0.25, -0.2) is 0 Å². The summed E-state index contributed by atoms with van der Waals surface area (Å²) in [6.07, 6.45) is 0. The van der Waals surface area contributed by atoms with Gasteiger partial charge in [0.1, 0.15) is 0 Å². The van der Waals surface area contributed by atoms with E-state index in [-0.39, 0.29) is 5.78 Å². The zero-order chi connectivity index (χ0) is 16.2. The van der Waals surface area contributed by atoms with Gasteiger partial charge in [0.2, 0.25) is 0 Å². The number of rotatable bonds is 4. The number of aryl methyl sites for hydroxylation is 2. The Hall–Kier alpha value is -2.07. The molecule has 2 aromatic rings. The normalized spacial score (nSPS) is 13.7. The van der Waals surface area contributed by atoms with Gasteiger partial charge in [0.25, 0.3) is 0 Å². The zero-order valence-electron chi connectivity index (χ0n) is 13.5. The Bertz CT molecular complexity index is 737. The largest absolute Gasteiger partial charge is 0.313 e. The maximum Gasteiger partial charge on any atom is 0.182 e. The summed E-state index contributed by atoms with van der Waals surface area (Å²) >= 11 is 1.71. The van der Waals surface area contributed by atoms with Crippen molar-refractivity contribution >= 4 is 28.4 Å². The number of thioether (sulfide) groups is 1. The maximum atomic E-state index is 12.7. The molecule has 0 atom stereocenters. The van der Waals surface area contributed by atoms with E-state index >= 15 is 0 Å². The molecule has 118 valence electrons. The van der Waals surface area contributed by atoms with Crippen molar-refractivity contribution in [2.24, 2.45) is 4.99 Å². The molecule has 3 nitrogen and oxygen atoms in total. The van der Waals surface area contributed by atoms with Crippen LogP contribution in [0, 0.1) is 13.8 Å². The summed E-state index contributed by atoms with van der Waals surface area (Å²) in [5.74, 6) is 1.10. The van der Waals surface area contributed by atoms with Crippen molar-refractivity contribution in [2.45, 2.75) is 13.8 Å². The topological polar surface area (TPSA) is 32.7 Å². The maximum absolute atomic E-state index is 12.7. The lowest BCUT2D eigenvalue weighted by atomic mass is 10.1. The Morgan fingerprint density at radius 2 is 1.91 bits per heavy atom. The average molecular weight is 324 g/mol. The first kappa shape index (κ1) is 15.8. The minimum Gasteiger partial charge on any atom is -0.313 e. The number of benzene rings is 2. The highest BCUT2D eigenvalue weighted by molar-refractivity contribution is 8.14. The molecule has 1 aliphatic rings. The molecule has 0 saturated carbocycles. The molecule has 0 N–H and O–H groups in total. The van der Waals surface area contributed by atoms with Crippen LogP contribution in [0.2, 0.25) is 0 Å². The van der Waals surface area contributed by atoms with E-state index in [1.807, 2.05) is 48.2 Å². The molecule has 0 aliphatic carbocycles. The minimum atomic E-state index is 0.113. The molecule has 23 heavy (non-hydrogen) atoms. The van der Waals surface area contributed by atoms with Crippen molar-refractivity contribution in [1.82, 2.24) is 0 Å². The van der Waals surface area contributed by atoms with Gasteiger partial charge in [-0.15, -0.1) is 0 Å². The number of aliphatic imine (C=N–C) groups is 1. The number of Topliss-reactive ketones (excluding diaryl/α,β-unsaturated/α-hetero) is 1. The van der Waals surface area contributed by atoms with E-state index < -0.39 is 0 Å². The van der Waals surface area contributed by atoms with Crippen molar-refractivity contribution in [3.63, 3.8) is 0 Å². The van der Waals surface area contributed by atoms with Gasteiger partial charge >= 0.3 is 0 Å². The second-order valence-corrected chi connectivity index (χ2v) is 6.79. The van der Waals surface area contributed by atoms with Crippen molar-refractivity contribution in [2.75, 3.05) is 23.7 Å². The number of ketones is 1. The Balaban J connectivity index is 1.87. The van der Waals surface area contributed by atoms with Crippen LogP contribution in [0.3, 0.4) is 0 Å². The minimum absolute atomic E-state index is 0.113. The number of carbonyl (C=O) groups excluding carboxylic acids is 1. The first-order chi connectivity index (χ1) is 11.1. The highest BCUT2D eigenvalue weighted by Crippen LogP contribution is 2.24. The van der Waals surface area contributed by atoms with Gasteiger partial charge in [-0.05, 0) is 31.5 Å². The summed E-state index contributed by atoms with van der Waals surface area (Å²) in [6.45, 7) is 5.23. The molecule has 0 unspecified atom stereocenters. The monoisotopic (exact) mass is 324 g/mol. The van der Waals surface area contributed by atoms with E-state index in [1.165, 1.54) is 5.56 Å². The molecule has 0 amide bonds. The van der Waals surface area contributed by atoms with E-state index in [1.54, 1.807) is 11.8 Å². The van der Waals surface area contributed by atoms with Gasteiger partial charge in [0.15, 0.2) is 11.0 Å². The van der Waals surface area contributed by atoms with E-state index in [0.29, 0.717) is 6.54 Å². The molecule has 1 aliphatic heterocycles. The third-order valence-electron chi connectivity index (χ3n) is 3.79. The quantitative estimate of drug-likeness (QED) is 0.794. The highest BCUT2D eigenvalue weighted by atomic mass is 32.2. The molecule has 0 radical (unpaired) electrons. The number of hydrogen-bond donors (Lipinski definition) is 0. The first-order valence-electron chi connectivity index (χ1n) is 7.75. The van der Waals surface area contributed by atoms with Gasteiger partial charge < -0.3 is 4.90 Å². The third kappa shape index (κ3) is 3.82. The highest BCUT2D eigenvalue weighted by Gasteiger charge is 2.21. The summed E-state index contributed by atoms with van der Waals surface area (Å²) in [4.78, 5) is 19.3. The molecule has 2 aromatic carbocycles. The van der Waals surface area contributed by atoms with Crippen molar-refractivity contribution in [3.05, 3.63) is 65.2 Å². The fraction of sp³-hybridized carbons (Fsp3) is 0.263. The number of amidine groups is 1. The SMILES string of the molecule is Cc1ccc(C(=O)CN(C2=NCCS2)c2cccc(C)c2)cc1. The summed E-state index contributed by atoms with van der Waals surface area (Å²) in [6, 6.07) is 16.0. The summed E-state index contributed by atoms with van der Waals surface area (Å²) in [5.41, 5.74) is 4.11. The molecular formula is C19H20N2OS. The van der Waals surface area contributed by atoms with Gasteiger partial charge in [-0.1, -0.05) is 53.7 Å². The molecule has 1 heterocycles. The molecule has 0 bridgehead atoms. The molecule has 3 rings (SSSR count). The van der Waals surface area contributed by atoms with Gasteiger partial charge in [-0.2, -0.15) is 0 Å². The van der Waals surface area contributed by atoms with Crippen LogP contribution >= 0.6 is 11.8 Å². The third-order valence-corrected chi connectivity index (χ3v) is 4.78. The predicted octanol–water partition coefficient (Wildman–Crippen LogP) is 4.10. The van der Waals surface area contributed by atoms with Gasteiger partial charge in [0.05, 0.1) is 13.1 Å². The van der Waals surface area contributed by atoms with E-state index in [0.717, 1.165) is 34.3 Å². The van der Waals surface area contributed by atoms with Gasteiger partial charge in [0, 0.05) is 17.0 Å². The molecule has 0 aromatic heterocycles. The van der Waals surface area contributed by atoms with E-state index in [2.05, 4.69) is 24.0 Å². The van der Waals surface area contributed by atoms with Crippen LogP contribution in [0.5, 0.6) is 0 Å². The summed E-state index contributed by atoms with van der Waals surface area (Å²) in [5, 5.41) is 0.941. The van der Waals surface area contributed by atoms with Crippen molar-refractivity contribution in [3.8, 4) is 0 Å². The lowest BCUT2D eigenvalue weighted by molar-refractivity contribution is 0.100. The fourth-order valence-electron chi connectivity index (χ4n) is 2.53. The fourth-order valence-corrected chi connectivity index (χ4v) is 3.40. The van der Waals surface area contributed by atoms with Crippen LogP contribution in [0.15, 0.2) is 53.5 Å². The van der Waals surface area contributed by atoms with Crippen LogP contribution in [0.1, 0.15) is 21.5 Å². The summed E-state index contributed by atoms with van der Waals surface area (Å²) < 4.78 is 0. The average Bonchev–Trinajstić information content (AvgIpc) is 3.07. The second kappa shape index (κ2) is 7.01. The number of hydrogen-bond acceptors (Lipinski definition) is 4. The molecule has 4 heteroatoms. The lowest BCUT2D eigenvalue weighted by Crippen LogP contribution is -2.33. The van der Waals surface area contributed by atoms with Crippen LogP contribution in [-0.4, -0.2) is 29.8 Å². The molecule has 0 spiro atoms. The first-order valence-corrected chi connectivity index (χ1v) is 8.73. The van der Waals surface area contributed by atoms with Gasteiger partial charge in [-0.3, -0.25) is 9.79 Å². The number of anilines is 1. The van der Waals surface area contributed by atoms with Crippen molar-refractivity contribution in [1.29, 1.82) is 0 Å². The summed E-state index contributed by atoms with van der Waals surface area (Å²) in [7, 11) is 0. The zero-order valence-corrected chi connectivity index (χ0v) is 14.3. The molecular weight excluding hydrogens is 304 g/mol. The molecule has 0 fully saturated rings. The Morgan fingerprint density at radius 3 is 2.57 bits per heavy atom. The predicted molar refractivity (Wildman–Crippen MR) is 98.8 cm³/mol. The van der Waals surface area contributed by atoms with Crippen LogP contribution in [0.4, 0.5) is 5.69 Å².